The molecule has 0 bridgehead atoms. The number of hydrogen-bond acceptors (Lipinski definition) is 13. The monoisotopic (exact) mass is 671 g/mol. The number of rotatable bonds is 6. The average Bonchev–Trinajstić information content (AvgIpc) is 3.65. The van der Waals surface area contributed by atoms with Gasteiger partial charge < -0.3 is 14.2 Å². The quantitative estimate of drug-likeness (QED) is 0.153. The molecule has 0 aliphatic carbocycles. The number of cyclic esters (lactones) is 1. The predicted octanol–water partition coefficient (Wildman–Crippen LogP) is 4.18. The Hall–Kier alpha value is -3.62. The molecule has 0 radical (unpaired) electrons. The topological polar surface area (TPSA) is 168 Å². The van der Waals surface area contributed by atoms with Gasteiger partial charge >= 0.3 is 11.9 Å². The van der Waals surface area contributed by atoms with Crippen LogP contribution in [0, 0.1) is 35.5 Å². The van der Waals surface area contributed by atoms with Gasteiger partial charge in [0, 0.05) is 44.0 Å². The normalized spacial score (nSPS) is 33.4. The second-order valence-electron chi connectivity index (χ2n) is 13.2. The van der Waals surface area contributed by atoms with Gasteiger partial charge in [0.15, 0.2) is 5.01 Å². The van der Waals surface area contributed by atoms with Crippen molar-refractivity contribution in [3.8, 4) is 10.7 Å². The van der Waals surface area contributed by atoms with E-state index < -0.39 is 64.8 Å². The molecular weight excluding hydrogens is 626 g/mol. The molecule has 2 aromatic rings. The number of ether oxygens (including phenoxy) is 3. The van der Waals surface area contributed by atoms with Gasteiger partial charge in [0.25, 0.3) is 0 Å². The first-order valence-corrected chi connectivity index (χ1v) is 16.6. The molecular formula is C33H45N5O8S. The number of Topliss-reactive ketones (excluding diaryl/α,β-unsaturated/α-hetero) is 2. The van der Waals surface area contributed by atoms with Crippen molar-refractivity contribution in [1.82, 2.24) is 20.7 Å². The van der Waals surface area contributed by atoms with Gasteiger partial charge in [-0.2, -0.15) is 0 Å². The van der Waals surface area contributed by atoms with E-state index in [4.69, 9.17) is 19.0 Å². The molecule has 0 spiro atoms. The van der Waals surface area contributed by atoms with E-state index >= 15 is 0 Å². The molecule has 2 aromatic heterocycles. The van der Waals surface area contributed by atoms with Gasteiger partial charge in [-0.25, -0.2) is 0 Å². The summed E-state index contributed by atoms with van der Waals surface area (Å²) in [5.41, 5.74) is 1.29. The van der Waals surface area contributed by atoms with Crippen LogP contribution in [0.2, 0.25) is 0 Å². The number of esters is 2. The van der Waals surface area contributed by atoms with Crippen LogP contribution in [-0.2, 0) is 38.2 Å². The van der Waals surface area contributed by atoms with Crippen molar-refractivity contribution in [3.63, 3.8) is 0 Å². The smallest absolute Gasteiger partial charge is 0.317 e. The van der Waals surface area contributed by atoms with Crippen LogP contribution in [0.25, 0.3) is 10.7 Å². The fourth-order valence-electron chi connectivity index (χ4n) is 6.78. The summed E-state index contributed by atoms with van der Waals surface area (Å²) in [5.74, 6) is -6.28. The van der Waals surface area contributed by atoms with Crippen molar-refractivity contribution in [3.05, 3.63) is 29.4 Å². The van der Waals surface area contributed by atoms with Crippen LogP contribution in [0.4, 0.5) is 0 Å². The molecule has 2 aliphatic rings. The number of aliphatic imine (C=N–C) groups is 1. The molecule has 4 rings (SSSR count). The van der Waals surface area contributed by atoms with Gasteiger partial charge in [0.05, 0.1) is 5.60 Å². The first kappa shape index (κ1) is 36.2. The Bertz CT molecular complexity index is 1500. The number of fused-ring (bicyclic) bond motifs is 1. The minimum atomic E-state index is -1.41. The van der Waals surface area contributed by atoms with E-state index in [1.807, 2.05) is 32.0 Å². The van der Waals surface area contributed by atoms with Gasteiger partial charge in [-0.05, 0) is 52.7 Å². The van der Waals surface area contributed by atoms with E-state index in [0.29, 0.717) is 28.6 Å². The van der Waals surface area contributed by atoms with Crippen molar-refractivity contribution >= 4 is 40.7 Å². The maximum Gasteiger partial charge on any atom is 0.317 e. The number of carbonyl (C=O) groups is 4. The van der Waals surface area contributed by atoms with E-state index in [0.717, 1.165) is 0 Å². The molecule has 47 heavy (non-hydrogen) atoms. The zero-order chi connectivity index (χ0) is 34.7. The highest BCUT2D eigenvalue weighted by atomic mass is 32.1. The van der Waals surface area contributed by atoms with E-state index in [2.05, 4.69) is 25.7 Å². The minimum Gasteiger partial charge on any atom is -0.461 e. The zero-order valence-corrected chi connectivity index (χ0v) is 29.3. The Balaban J connectivity index is 1.62. The first-order chi connectivity index (χ1) is 22.1. The molecule has 2 saturated heterocycles. The Morgan fingerprint density at radius 1 is 1.04 bits per heavy atom. The number of hydrogen-bond donors (Lipinski definition) is 1. The van der Waals surface area contributed by atoms with Crippen LogP contribution in [0.3, 0.4) is 0 Å². The van der Waals surface area contributed by atoms with Gasteiger partial charge in [0.1, 0.15) is 58.3 Å². The second kappa shape index (κ2) is 14.7. The van der Waals surface area contributed by atoms with Crippen molar-refractivity contribution < 1.29 is 38.2 Å². The van der Waals surface area contributed by atoms with E-state index in [9.17, 15) is 19.2 Å². The zero-order valence-electron chi connectivity index (χ0n) is 28.4. The third-order valence-electron chi connectivity index (χ3n) is 9.41. The molecule has 256 valence electrons. The first-order valence-electron chi connectivity index (χ1n) is 15.8. The van der Waals surface area contributed by atoms with Gasteiger partial charge in [0.2, 0.25) is 0 Å². The average molecular weight is 672 g/mol. The van der Waals surface area contributed by atoms with Crippen LogP contribution in [0.1, 0.15) is 72.4 Å². The number of aromatic nitrogens is 3. The Labute approximate surface area is 279 Å². The highest BCUT2D eigenvalue weighted by Gasteiger charge is 2.59. The van der Waals surface area contributed by atoms with Gasteiger partial charge in [-0.15, -0.1) is 10.2 Å². The van der Waals surface area contributed by atoms with Crippen molar-refractivity contribution in [2.75, 3.05) is 20.8 Å². The third kappa shape index (κ3) is 7.76. The number of amidine groups is 1. The number of methoxy groups -OCH3 is 1. The largest absolute Gasteiger partial charge is 0.461 e. The molecule has 2 fully saturated rings. The molecule has 0 amide bonds. The number of carbonyl (C=O) groups excluding carboxylic acids is 4. The molecule has 2 aliphatic heterocycles. The summed E-state index contributed by atoms with van der Waals surface area (Å²) >= 11 is 1.31. The van der Waals surface area contributed by atoms with Crippen molar-refractivity contribution in [1.29, 1.82) is 0 Å². The fraction of sp³-hybridized carbons (Fsp3) is 0.636. The summed E-state index contributed by atoms with van der Waals surface area (Å²) < 4.78 is 17.4. The lowest BCUT2D eigenvalue weighted by atomic mass is 9.69. The SMILES string of the molecule is CN=C(NOC(C)c1nnc(-c2ccccn2)s1)C1C(=O)O[C@]2(C)COC(=O)C(C)C(=O)C(C)C[C@](C)(OC)C[C@@H](C)C(=O)C(C)C12. The van der Waals surface area contributed by atoms with Gasteiger partial charge in [-0.3, -0.25) is 39.5 Å². The van der Waals surface area contributed by atoms with Crippen LogP contribution >= 0.6 is 11.3 Å². The Morgan fingerprint density at radius 3 is 2.34 bits per heavy atom. The summed E-state index contributed by atoms with van der Waals surface area (Å²) in [5, 5.41) is 9.64. The number of hydroxylamine groups is 1. The van der Waals surface area contributed by atoms with Gasteiger partial charge in [-0.1, -0.05) is 38.2 Å². The summed E-state index contributed by atoms with van der Waals surface area (Å²) in [6.45, 7) is 11.7. The summed E-state index contributed by atoms with van der Waals surface area (Å²) in [6, 6.07) is 5.51. The minimum absolute atomic E-state index is 0.121. The molecule has 0 saturated carbocycles. The van der Waals surface area contributed by atoms with Crippen molar-refractivity contribution in [2.45, 2.75) is 78.6 Å². The lowest BCUT2D eigenvalue weighted by Crippen LogP contribution is -2.49. The number of nitrogens with zero attached hydrogens (tertiary/aromatic N) is 4. The number of nitrogens with one attached hydrogen (secondary N) is 1. The number of ketones is 2. The van der Waals surface area contributed by atoms with Crippen LogP contribution < -0.4 is 5.48 Å². The predicted molar refractivity (Wildman–Crippen MR) is 173 cm³/mol. The lowest BCUT2D eigenvalue weighted by Gasteiger charge is -2.38. The lowest BCUT2D eigenvalue weighted by molar-refractivity contribution is -0.169. The summed E-state index contributed by atoms with van der Waals surface area (Å²) in [6.07, 6.45) is 1.73. The molecule has 9 atom stereocenters. The summed E-state index contributed by atoms with van der Waals surface area (Å²) in [7, 11) is 3.05. The van der Waals surface area contributed by atoms with Crippen LogP contribution in [0.15, 0.2) is 29.4 Å². The highest BCUT2D eigenvalue weighted by Crippen LogP contribution is 2.45. The summed E-state index contributed by atoms with van der Waals surface area (Å²) in [4.78, 5) is 68.6. The molecule has 14 heteroatoms. The van der Waals surface area contributed by atoms with Crippen molar-refractivity contribution in [2.24, 2.45) is 40.5 Å². The molecule has 1 N–H and O–H groups in total. The highest BCUT2D eigenvalue weighted by molar-refractivity contribution is 7.14. The Kier molecular flexibility index (Phi) is 11.3. The van der Waals surface area contributed by atoms with E-state index in [-0.39, 0.29) is 24.0 Å². The standard InChI is InChI=1S/C33H45N5O8S/c1-17-14-32(6,43-9)15-18(2)26(40)20(4)30(41)44-16-33(7)24(19(3)25(17)39)23(31(42)45-33)27(34-8)38-46-21(5)28-36-37-29(47-28)22-12-10-11-13-35-22/h10-13,17-21,23-24H,14-16H2,1-9H3,(H,34,38)/t17-,18?,19?,20?,21?,23?,24?,32-,33-/m1/s1. The maximum atomic E-state index is 14.1. The molecule has 0 aromatic carbocycles. The Morgan fingerprint density at radius 2 is 1.72 bits per heavy atom. The second-order valence-corrected chi connectivity index (χ2v) is 14.2. The molecule has 6 unspecified atom stereocenters. The number of pyridine rings is 1. The third-order valence-corrected chi connectivity index (χ3v) is 10.5. The van der Waals surface area contributed by atoms with Crippen LogP contribution in [0.5, 0.6) is 0 Å². The maximum absolute atomic E-state index is 14.1. The van der Waals surface area contributed by atoms with E-state index in [1.165, 1.54) is 25.3 Å². The molecule has 13 nitrogen and oxygen atoms in total. The van der Waals surface area contributed by atoms with E-state index in [1.54, 1.807) is 41.0 Å². The fourth-order valence-corrected chi connectivity index (χ4v) is 7.58. The molecule has 4 heterocycles. The van der Waals surface area contributed by atoms with Crippen LogP contribution in [-0.4, -0.2) is 76.5 Å².